The minimum absolute atomic E-state index is 0.154. The lowest BCUT2D eigenvalue weighted by Crippen LogP contribution is -2.36. The largest absolute Gasteiger partial charge is 0.488 e. The fourth-order valence-corrected chi connectivity index (χ4v) is 4.62. The van der Waals surface area contributed by atoms with Gasteiger partial charge in [-0.05, 0) is 45.6 Å². The van der Waals surface area contributed by atoms with E-state index in [0.717, 1.165) is 80.1 Å². The van der Waals surface area contributed by atoms with E-state index < -0.39 is 0 Å². The van der Waals surface area contributed by atoms with E-state index >= 15 is 0 Å². The van der Waals surface area contributed by atoms with Crippen LogP contribution in [0.5, 0.6) is 5.75 Å². The summed E-state index contributed by atoms with van der Waals surface area (Å²) in [6.07, 6.45) is 11.2. The molecular weight excluding hydrogens is 430 g/mol. The van der Waals surface area contributed by atoms with Crippen molar-refractivity contribution in [3.63, 3.8) is 0 Å². The van der Waals surface area contributed by atoms with E-state index in [2.05, 4.69) is 61.4 Å². The van der Waals surface area contributed by atoms with E-state index in [0.29, 0.717) is 18.0 Å². The predicted molar refractivity (Wildman–Crippen MR) is 134 cm³/mol. The van der Waals surface area contributed by atoms with Crippen LogP contribution in [-0.4, -0.2) is 64.4 Å². The van der Waals surface area contributed by atoms with Crippen molar-refractivity contribution in [2.24, 2.45) is 0 Å². The van der Waals surface area contributed by atoms with E-state index in [4.69, 9.17) is 9.47 Å². The second-order valence-electron chi connectivity index (χ2n) is 9.30. The molecule has 2 N–H and O–H groups in total. The van der Waals surface area contributed by atoms with E-state index in [1.165, 1.54) is 0 Å². The Kier molecular flexibility index (Phi) is 6.89. The lowest BCUT2D eigenvalue weighted by Gasteiger charge is -2.31. The molecule has 3 heterocycles. The molecule has 0 radical (unpaired) electrons. The summed E-state index contributed by atoms with van der Waals surface area (Å²) in [5.41, 5.74) is 3.74. The highest BCUT2D eigenvalue weighted by atomic mass is 16.5. The number of aromatic nitrogens is 4. The van der Waals surface area contributed by atoms with Crippen molar-refractivity contribution in [3.8, 4) is 5.75 Å². The van der Waals surface area contributed by atoms with Crippen molar-refractivity contribution in [2.45, 2.75) is 57.7 Å². The molecule has 2 fully saturated rings. The molecule has 1 saturated carbocycles. The molecule has 1 aromatic carbocycles. The molecule has 5 rings (SSSR count). The highest BCUT2D eigenvalue weighted by Crippen LogP contribution is 2.33. The minimum Gasteiger partial charge on any atom is -0.488 e. The standard InChI is InChI=1S/C25H33N7O2/c1-17(2)30-19-15-28-25(29-16-19)31-18-3-5-21(6-4-18)34-23-14-20(32-9-11-33-12-10-32)13-22-24(23)27-8-7-26-22/h7-8,13-18,21,30H,3-6,9-12H2,1-2H3,(H,28,29,31)/t18-,21+. The number of morpholine rings is 1. The van der Waals surface area contributed by atoms with Crippen molar-refractivity contribution >= 4 is 28.4 Å². The number of rotatable bonds is 7. The number of hydrogen-bond acceptors (Lipinski definition) is 9. The second-order valence-corrected chi connectivity index (χ2v) is 9.30. The van der Waals surface area contributed by atoms with Gasteiger partial charge in [0.2, 0.25) is 5.95 Å². The van der Waals surface area contributed by atoms with Gasteiger partial charge in [-0.2, -0.15) is 0 Å². The van der Waals surface area contributed by atoms with Gasteiger partial charge in [0, 0.05) is 49.3 Å². The first-order valence-corrected chi connectivity index (χ1v) is 12.2. The average Bonchev–Trinajstić information content (AvgIpc) is 2.86. The number of nitrogens with zero attached hydrogens (tertiary/aromatic N) is 5. The summed E-state index contributed by atoms with van der Waals surface area (Å²) >= 11 is 0. The van der Waals surface area contributed by atoms with Gasteiger partial charge >= 0.3 is 0 Å². The minimum atomic E-state index is 0.154. The average molecular weight is 464 g/mol. The summed E-state index contributed by atoms with van der Waals surface area (Å²) < 4.78 is 12.0. The van der Waals surface area contributed by atoms with Gasteiger partial charge in [0.15, 0.2) is 0 Å². The summed E-state index contributed by atoms with van der Waals surface area (Å²) in [6, 6.07) is 4.92. The molecule has 0 spiro atoms. The maximum Gasteiger partial charge on any atom is 0.222 e. The SMILES string of the molecule is CC(C)Nc1cnc(N[C@H]2CC[C@@H](Oc3cc(N4CCOCC4)cc4nccnc34)CC2)nc1. The highest BCUT2D eigenvalue weighted by molar-refractivity contribution is 5.85. The van der Waals surface area contributed by atoms with E-state index in [-0.39, 0.29) is 6.10 Å². The fourth-order valence-electron chi connectivity index (χ4n) is 4.62. The van der Waals surface area contributed by atoms with Crippen LogP contribution in [0.4, 0.5) is 17.3 Å². The monoisotopic (exact) mass is 463 g/mol. The van der Waals surface area contributed by atoms with Crippen LogP contribution in [0, 0.1) is 0 Å². The Labute approximate surface area is 200 Å². The number of anilines is 3. The van der Waals surface area contributed by atoms with Crippen LogP contribution >= 0.6 is 0 Å². The number of nitrogens with one attached hydrogen (secondary N) is 2. The van der Waals surface area contributed by atoms with E-state index in [1.54, 1.807) is 12.4 Å². The Balaban J connectivity index is 1.21. The maximum absolute atomic E-state index is 6.52. The smallest absolute Gasteiger partial charge is 0.222 e. The lowest BCUT2D eigenvalue weighted by molar-refractivity contribution is 0.122. The Morgan fingerprint density at radius 1 is 0.971 bits per heavy atom. The first kappa shape index (κ1) is 22.6. The van der Waals surface area contributed by atoms with Crippen LogP contribution in [0.1, 0.15) is 39.5 Å². The van der Waals surface area contributed by atoms with Gasteiger partial charge in [0.1, 0.15) is 11.3 Å². The molecule has 2 aromatic heterocycles. The summed E-state index contributed by atoms with van der Waals surface area (Å²) in [4.78, 5) is 20.3. The first-order valence-electron chi connectivity index (χ1n) is 12.2. The van der Waals surface area contributed by atoms with Gasteiger partial charge < -0.3 is 25.0 Å². The molecule has 0 atom stereocenters. The van der Waals surface area contributed by atoms with Gasteiger partial charge in [0.25, 0.3) is 0 Å². The van der Waals surface area contributed by atoms with Crippen LogP contribution in [-0.2, 0) is 4.74 Å². The number of fused-ring (bicyclic) bond motifs is 1. The Morgan fingerprint density at radius 3 is 2.44 bits per heavy atom. The molecule has 9 nitrogen and oxygen atoms in total. The number of hydrogen-bond donors (Lipinski definition) is 2. The number of ether oxygens (including phenoxy) is 2. The molecule has 1 aliphatic carbocycles. The van der Waals surface area contributed by atoms with Crippen LogP contribution in [0.25, 0.3) is 11.0 Å². The lowest BCUT2D eigenvalue weighted by atomic mass is 9.93. The summed E-state index contributed by atoms with van der Waals surface area (Å²) in [6.45, 7) is 7.43. The van der Waals surface area contributed by atoms with Gasteiger partial charge in [-0.1, -0.05) is 0 Å². The maximum atomic E-state index is 6.52. The Bertz CT molecular complexity index is 1080. The highest BCUT2D eigenvalue weighted by Gasteiger charge is 2.24. The third-order valence-corrected chi connectivity index (χ3v) is 6.31. The third-order valence-electron chi connectivity index (χ3n) is 6.31. The van der Waals surface area contributed by atoms with Crippen LogP contribution in [0.15, 0.2) is 36.9 Å². The molecule has 3 aromatic rings. The Hall–Kier alpha value is -3.20. The molecule has 0 bridgehead atoms. The Morgan fingerprint density at radius 2 is 1.71 bits per heavy atom. The predicted octanol–water partition coefficient (Wildman–Crippen LogP) is 3.88. The molecule has 9 heteroatoms. The zero-order valence-electron chi connectivity index (χ0n) is 19.9. The molecule has 2 aliphatic rings. The molecule has 180 valence electrons. The molecular formula is C25H33N7O2. The van der Waals surface area contributed by atoms with Gasteiger partial charge in [-0.3, -0.25) is 4.98 Å². The van der Waals surface area contributed by atoms with E-state index in [9.17, 15) is 0 Å². The van der Waals surface area contributed by atoms with Crippen molar-refractivity contribution in [3.05, 3.63) is 36.9 Å². The van der Waals surface area contributed by atoms with Crippen LogP contribution in [0.3, 0.4) is 0 Å². The molecule has 1 aliphatic heterocycles. The number of benzene rings is 1. The molecule has 0 unspecified atom stereocenters. The van der Waals surface area contributed by atoms with Crippen LogP contribution < -0.4 is 20.3 Å². The molecule has 1 saturated heterocycles. The van der Waals surface area contributed by atoms with Crippen molar-refractivity contribution < 1.29 is 9.47 Å². The summed E-state index contributed by atoms with van der Waals surface area (Å²) in [5, 5.41) is 6.80. The van der Waals surface area contributed by atoms with Gasteiger partial charge in [-0.15, -0.1) is 0 Å². The zero-order chi connectivity index (χ0) is 23.3. The zero-order valence-corrected chi connectivity index (χ0v) is 19.9. The van der Waals surface area contributed by atoms with Gasteiger partial charge in [-0.25, -0.2) is 15.0 Å². The van der Waals surface area contributed by atoms with Gasteiger partial charge in [0.05, 0.1) is 42.9 Å². The van der Waals surface area contributed by atoms with E-state index in [1.807, 2.05) is 12.4 Å². The normalized spacial score (nSPS) is 21.0. The third kappa shape index (κ3) is 5.47. The molecule has 0 amide bonds. The topological polar surface area (TPSA) is 97.3 Å². The quantitative estimate of drug-likeness (QED) is 0.541. The van der Waals surface area contributed by atoms with Crippen molar-refractivity contribution in [2.75, 3.05) is 41.8 Å². The molecule has 34 heavy (non-hydrogen) atoms. The summed E-state index contributed by atoms with van der Waals surface area (Å²) in [5.74, 6) is 1.50. The van der Waals surface area contributed by atoms with Crippen LogP contribution in [0.2, 0.25) is 0 Å². The summed E-state index contributed by atoms with van der Waals surface area (Å²) in [7, 11) is 0. The fraction of sp³-hybridized carbons (Fsp3) is 0.520. The van der Waals surface area contributed by atoms with Crippen molar-refractivity contribution in [1.82, 2.24) is 19.9 Å². The van der Waals surface area contributed by atoms with Crippen molar-refractivity contribution in [1.29, 1.82) is 0 Å². The second kappa shape index (κ2) is 10.4. The first-order chi connectivity index (χ1) is 16.6.